The molecule has 204 valence electrons. The minimum atomic E-state index is -4.77. The van der Waals surface area contributed by atoms with Crippen LogP contribution in [0, 0.1) is 0 Å². The van der Waals surface area contributed by atoms with Crippen molar-refractivity contribution < 1.29 is 32.9 Å². The number of carbonyl (C=O) groups excluding carboxylic acids is 1. The summed E-state index contributed by atoms with van der Waals surface area (Å²) in [4.78, 5) is 24.7. The number of aromatic nitrogens is 1. The van der Waals surface area contributed by atoms with Crippen molar-refractivity contribution in [3.05, 3.63) is 47.5 Å². The molecule has 0 saturated carbocycles. The van der Waals surface area contributed by atoms with E-state index < -0.39 is 6.36 Å². The van der Waals surface area contributed by atoms with E-state index in [4.69, 9.17) is 15.2 Å². The topological polar surface area (TPSA) is 123 Å². The largest absolute Gasteiger partial charge is 0.573 e. The zero-order valence-electron chi connectivity index (χ0n) is 20.5. The number of amides is 1. The Hall–Kier alpha value is -3.46. The van der Waals surface area contributed by atoms with Crippen LogP contribution >= 0.6 is 11.3 Å². The average molecular weight is 553 g/mol. The number of hydrogen-bond acceptors (Lipinski definition) is 10. The van der Waals surface area contributed by atoms with Gasteiger partial charge < -0.3 is 35.4 Å². The predicted molar refractivity (Wildman–Crippen MR) is 137 cm³/mol. The number of guanidine groups is 1. The predicted octanol–water partition coefficient (Wildman–Crippen LogP) is 2.64. The van der Waals surface area contributed by atoms with Crippen molar-refractivity contribution in [1.82, 2.24) is 20.1 Å². The van der Waals surface area contributed by atoms with Gasteiger partial charge in [-0.3, -0.25) is 4.79 Å². The van der Waals surface area contributed by atoms with Crippen molar-refractivity contribution in [1.29, 1.82) is 0 Å². The number of halogens is 3. The molecule has 0 fully saturated rings. The number of anilines is 1. The second kappa shape index (κ2) is 11.9. The van der Waals surface area contributed by atoms with Crippen molar-refractivity contribution >= 4 is 44.2 Å². The Labute approximate surface area is 220 Å². The minimum absolute atomic E-state index is 0.0588. The highest BCUT2D eigenvalue weighted by Gasteiger charge is 2.31. The Bertz CT molecular complexity index is 1310. The maximum Gasteiger partial charge on any atom is 0.573 e. The van der Waals surface area contributed by atoms with E-state index >= 15 is 0 Å². The van der Waals surface area contributed by atoms with Gasteiger partial charge in [-0.05, 0) is 29.3 Å². The summed E-state index contributed by atoms with van der Waals surface area (Å²) in [7, 11) is 1.86. The highest BCUT2D eigenvalue weighted by molar-refractivity contribution is 7.22. The monoisotopic (exact) mass is 552 g/mol. The maximum atomic E-state index is 12.5. The molecule has 1 amide bonds. The van der Waals surface area contributed by atoms with Gasteiger partial charge in [-0.25, -0.2) is 9.98 Å². The number of alkyl halides is 3. The molecule has 0 atom stereocenters. The first-order chi connectivity index (χ1) is 18.1. The summed E-state index contributed by atoms with van der Waals surface area (Å²) >= 11 is 1.19. The molecule has 14 heteroatoms. The van der Waals surface area contributed by atoms with Crippen LogP contribution in [0.5, 0.6) is 5.75 Å². The van der Waals surface area contributed by atoms with Gasteiger partial charge in [0.25, 0.3) is 0 Å². The summed E-state index contributed by atoms with van der Waals surface area (Å²) in [6.07, 6.45) is -4.77. The van der Waals surface area contributed by atoms with Gasteiger partial charge in [0, 0.05) is 39.3 Å². The van der Waals surface area contributed by atoms with Gasteiger partial charge in [0.1, 0.15) is 5.75 Å². The second-order valence-corrected chi connectivity index (χ2v) is 9.54. The quantitative estimate of drug-likeness (QED) is 0.303. The first kappa shape index (κ1) is 27.6. The number of ether oxygens (including phenoxy) is 1. The van der Waals surface area contributed by atoms with E-state index in [0.717, 1.165) is 16.8 Å². The molecule has 10 nitrogen and oxygen atoms in total. The summed E-state index contributed by atoms with van der Waals surface area (Å²) in [5.74, 6) is 0.0102. The summed E-state index contributed by atoms with van der Waals surface area (Å²) < 4.78 is 42.1. The Kier molecular flexibility index (Phi) is 8.66. The number of rotatable bonds is 10. The van der Waals surface area contributed by atoms with E-state index in [0.29, 0.717) is 34.4 Å². The van der Waals surface area contributed by atoms with Crippen LogP contribution in [0.25, 0.3) is 10.2 Å². The number of aliphatic hydroxyl groups is 2. The average Bonchev–Trinajstić information content (AvgIpc) is 3.25. The van der Waals surface area contributed by atoms with Crippen LogP contribution in [-0.4, -0.2) is 83.1 Å². The summed E-state index contributed by atoms with van der Waals surface area (Å²) in [6.45, 7) is 1.03. The summed E-state index contributed by atoms with van der Waals surface area (Å²) in [6, 6.07) is 9.82. The van der Waals surface area contributed by atoms with E-state index in [1.165, 1.54) is 34.4 Å². The van der Waals surface area contributed by atoms with Gasteiger partial charge in [-0.15, -0.1) is 13.2 Å². The SMILES string of the molecule is CN1Cc2ccc(CNCC(=O)N(CCO)CCO)cc2N=C1Nc1nc2ccc(OC(F)(F)F)cc2s1. The molecule has 0 radical (unpaired) electrons. The maximum absolute atomic E-state index is 12.5. The number of carbonyl (C=O) groups is 1. The molecule has 38 heavy (non-hydrogen) atoms. The number of aliphatic hydroxyl groups excluding tert-OH is 2. The zero-order chi connectivity index (χ0) is 27.3. The van der Waals surface area contributed by atoms with Gasteiger partial charge in [-0.1, -0.05) is 23.5 Å². The lowest BCUT2D eigenvalue weighted by molar-refractivity contribution is -0.274. The van der Waals surface area contributed by atoms with Crippen LogP contribution in [0.4, 0.5) is 24.0 Å². The molecule has 3 aromatic rings. The lowest BCUT2D eigenvalue weighted by Crippen LogP contribution is -2.41. The van der Waals surface area contributed by atoms with Crippen molar-refractivity contribution in [2.24, 2.45) is 4.99 Å². The number of thiazole rings is 1. The molecule has 1 aliphatic rings. The highest BCUT2D eigenvalue weighted by Crippen LogP contribution is 2.33. The lowest BCUT2D eigenvalue weighted by atomic mass is 10.1. The van der Waals surface area contributed by atoms with E-state index in [1.54, 1.807) is 0 Å². The smallest absolute Gasteiger partial charge is 0.406 e. The number of benzene rings is 2. The fraction of sp³-hybridized carbons (Fsp3) is 0.375. The van der Waals surface area contributed by atoms with Crippen molar-refractivity contribution in [3.8, 4) is 5.75 Å². The molecule has 0 spiro atoms. The normalized spacial score (nSPS) is 13.3. The molecule has 1 aromatic heterocycles. The van der Waals surface area contributed by atoms with Gasteiger partial charge in [0.15, 0.2) is 5.13 Å². The number of fused-ring (bicyclic) bond motifs is 2. The Morgan fingerprint density at radius 3 is 2.66 bits per heavy atom. The minimum Gasteiger partial charge on any atom is -0.406 e. The molecule has 0 aliphatic carbocycles. The Balaban J connectivity index is 1.43. The number of aliphatic imine (C=N–C) groups is 1. The molecule has 4 rings (SSSR count). The lowest BCUT2D eigenvalue weighted by Gasteiger charge is -2.27. The molecule has 0 unspecified atom stereocenters. The first-order valence-corrected chi connectivity index (χ1v) is 12.5. The third-order valence-electron chi connectivity index (χ3n) is 5.66. The van der Waals surface area contributed by atoms with Crippen molar-refractivity contribution in [2.75, 3.05) is 45.2 Å². The van der Waals surface area contributed by atoms with Crippen LogP contribution in [0.2, 0.25) is 0 Å². The molecule has 2 aromatic carbocycles. The summed E-state index contributed by atoms with van der Waals surface area (Å²) in [5, 5.41) is 24.9. The van der Waals surface area contributed by atoms with Crippen LogP contribution in [-0.2, 0) is 17.9 Å². The fourth-order valence-corrected chi connectivity index (χ4v) is 4.78. The van der Waals surface area contributed by atoms with E-state index in [1.807, 2.05) is 30.1 Å². The van der Waals surface area contributed by atoms with E-state index in [2.05, 4.69) is 20.4 Å². The molecule has 2 heterocycles. The van der Waals surface area contributed by atoms with Crippen LogP contribution in [0.1, 0.15) is 11.1 Å². The number of nitrogens with one attached hydrogen (secondary N) is 2. The fourth-order valence-electron chi connectivity index (χ4n) is 3.89. The number of nitrogens with zero attached hydrogens (tertiary/aromatic N) is 4. The molecule has 0 bridgehead atoms. The third kappa shape index (κ3) is 7.10. The second-order valence-electron chi connectivity index (χ2n) is 8.51. The zero-order valence-corrected chi connectivity index (χ0v) is 21.3. The highest BCUT2D eigenvalue weighted by atomic mass is 32.1. The van der Waals surface area contributed by atoms with Crippen LogP contribution < -0.4 is 15.4 Å². The van der Waals surface area contributed by atoms with Gasteiger partial charge >= 0.3 is 6.36 Å². The van der Waals surface area contributed by atoms with Crippen molar-refractivity contribution in [2.45, 2.75) is 19.5 Å². The van der Waals surface area contributed by atoms with Crippen LogP contribution in [0.15, 0.2) is 41.4 Å². The third-order valence-corrected chi connectivity index (χ3v) is 6.59. The number of hydrogen-bond donors (Lipinski definition) is 4. The van der Waals surface area contributed by atoms with E-state index in [-0.39, 0.29) is 44.5 Å². The summed E-state index contributed by atoms with van der Waals surface area (Å²) in [5.41, 5.74) is 3.21. The molecular formula is C24H27F3N6O4S. The van der Waals surface area contributed by atoms with Gasteiger partial charge in [0.05, 0.1) is 35.7 Å². The molecule has 4 N–H and O–H groups in total. The van der Waals surface area contributed by atoms with Gasteiger partial charge in [-0.2, -0.15) is 0 Å². The van der Waals surface area contributed by atoms with Gasteiger partial charge in [0.2, 0.25) is 11.9 Å². The Morgan fingerprint density at radius 2 is 1.95 bits per heavy atom. The standard InChI is InChI=1S/C24H27F3N6O4S/c1-32-14-16-3-2-15(12-28-13-21(36)33(6-8-34)7-9-35)10-19(16)29-22(32)31-23-30-18-5-4-17(11-20(18)38-23)37-24(25,26)27/h2-5,10-11,28,34-35H,6-9,12-14H2,1H3,(H,29,30,31). The van der Waals surface area contributed by atoms with Crippen molar-refractivity contribution in [3.63, 3.8) is 0 Å². The molecule has 1 aliphatic heterocycles. The first-order valence-electron chi connectivity index (χ1n) is 11.7. The molecule has 0 saturated heterocycles. The van der Waals surface area contributed by atoms with E-state index in [9.17, 15) is 18.0 Å². The Morgan fingerprint density at radius 1 is 1.18 bits per heavy atom. The van der Waals surface area contributed by atoms with Crippen LogP contribution in [0.3, 0.4) is 0 Å². The molecular weight excluding hydrogens is 525 g/mol.